The lowest BCUT2D eigenvalue weighted by Crippen LogP contribution is -2.06. The fourth-order valence-electron chi connectivity index (χ4n) is 2.31. The van der Waals surface area contributed by atoms with Crippen LogP contribution in [0.1, 0.15) is 17.3 Å². The molecule has 118 valence electrons. The maximum Gasteiger partial charge on any atom is 0.341 e. The fraction of sp³-hybridized carbons (Fsp3) is 0.118. The maximum atomic E-state index is 12.4. The fourth-order valence-corrected chi connectivity index (χ4v) is 3.59. The third kappa shape index (κ3) is 3.11. The van der Waals surface area contributed by atoms with Crippen LogP contribution in [0.25, 0.3) is 10.1 Å². The zero-order chi connectivity index (χ0) is 16.4. The molecule has 3 aromatic rings. The summed E-state index contributed by atoms with van der Waals surface area (Å²) in [7, 11) is 0. The SMILES string of the molecule is CCOC(=O)c1c(Nc2ccc(Cl)cc2N)sc2ccccc12. The van der Waals surface area contributed by atoms with E-state index in [0.29, 0.717) is 33.6 Å². The van der Waals surface area contributed by atoms with Crippen molar-refractivity contribution < 1.29 is 9.53 Å². The van der Waals surface area contributed by atoms with E-state index in [2.05, 4.69) is 5.32 Å². The monoisotopic (exact) mass is 346 g/mol. The lowest BCUT2D eigenvalue weighted by Gasteiger charge is -2.10. The Labute approximate surface area is 142 Å². The predicted octanol–water partition coefficient (Wildman–Crippen LogP) is 5.06. The lowest BCUT2D eigenvalue weighted by atomic mass is 10.1. The summed E-state index contributed by atoms with van der Waals surface area (Å²) < 4.78 is 6.20. The van der Waals surface area contributed by atoms with Gasteiger partial charge >= 0.3 is 5.97 Å². The Hall–Kier alpha value is -2.24. The van der Waals surface area contributed by atoms with Crippen LogP contribution < -0.4 is 11.1 Å². The minimum atomic E-state index is -0.347. The molecule has 0 radical (unpaired) electrons. The van der Waals surface area contributed by atoms with Crippen LogP contribution in [0.2, 0.25) is 5.02 Å². The summed E-state index contributed by atoms with van der Waals surface area (Å²) in [6, 6.07) is 12.9. The van der Waals surface area contributed by atoms with Crippen LogP contribution >= 0.6 is 22.9 Å². The number of carbonyl (C=O) groups excluding carboxylic acids is 1. The van der Waals surface area contributed by atoms with E-state index in [1.807, 2.05) is 24.3 Å². The molecule has 1 heterocycles. The molecular formula is C17H15ClN2O2S. The molecule has 0 fully saturated rings. The molecule has 0 saturated carbocycles. The standard InChI is InChI=1S/C17H15ClN2O2S/c1-2-22-17(21)15-11-5-3-4-6-14(11)23-16(15)20-13-8-7-10(18)9-12(13)19/h3-9,20H,2,19H2,1H3. The zero-order valence-corrected chi connectivity index (χ0v) is 14.0. The molecule has 23 heavy (non-hydrogen) atoms. The maximum absolute atomic E-state index is 12.4. The number of benzene rings is 2. The molecule has 2 aromatic carbocycles. The second-order valence-electron chi connectivity index (χ2n) is 4.88. The van der Waals surface area contributed by atoms with Gasteiger partial charge in [0, 0.05) is 15.1 Å². The van der Waals surface area contributed by atoms with Crippen molar-refractivity contribution in [2.75, 3.05) is 17.7 Å². The van der Waals surface area contributed by atoms with Gasteiger partial charge in [0.2, 0.25) is 0 Å². The highest BCUT2D eigenvalue weighted by Gasteiger charge is 2.20. The number of nitrogen functional groups attached to an aromatic ring is 1. The minimum Gasteiger partial charge on any atom is -0.462 e. The van der Waals surface area contributed by atoms with Gasteiger partial charge in [-0.1, -0.05) is 29.8 Å². The number of rotatable bonds is 4. The van der Waals surface area contributed by atoms with Gasteiger partial charge in [0.15, 0.2) is 0 Å². The van der Waals surface area contributed by atoms with Gasteiger partial charge in [0.05, 0.1) is 18.0 Å². The van der Waals surface area contributed by atoms with Crippen molar-refractivity contribution in [1.29, 1.82) is 0 Å². The Bertz CT molecular complexity index is 876. The molecule has 1 aromatic heterocycles. The van der Waals surface area contributed by atoms with Gasteiger partial charge in [-0.15, -0.1) is 11.3 Å². The summed E-state index contributed by atoms with van der Waals surface area (Å²) in [5, 5.41) is 5.37. The van der Waals surface area contributed by atoms with Crippen LogP contribution in [-0.4, -0.2) is 12.6 Å². The number of nitrogens with two attached hydrogens (primary N) is 1. The van der Waals surface area contributed by atoms with Gasteiger partial charge in [0.1, 0.15) is 10.6 Å². The predicted molar refractivity (Wildman–Crippen MR) is 96.9 cm³/mol. The van der Waals surface area contributed by atoms with Crippen LogP contribution in [0.3, 0.4) is 0 Å². The highest BCUT2D eigenvalue weighted by atomic mass is 35.5. The topological polar surface area (TPSA) is 64.3 Å². The highest BCUT2D eigenvalue weighted by Crippen LogP contribution is 2.39. The van der Waals surface area contributed by atoms with Crippen molar-refractivity contribution in [3.63, 3.8) is 0 Å². The smallest absolute Gasteiger partial charge is 0.341 e. The quantitative estimate of drug-likeness (QED) is 0.512. The molecule has 0 atom stereocenters. The third-order valence-corrected chi connectivity index (χ3v) is 4.66. The molecule has 0 aliphatic heterocycles. The van der Waals surface area contributed by atoms with Crippen molar-refractivity contribution >= 4 is 55.4 Å². The molecule has 0 saturated heterocycles. The third-order valence-electron chi connectivity index (χ3n) is 3.34. The van der Waals surface area contributed by atoms with Crippen molar-refractivity contribution in [2.24, 2.45) is 0 Å². The first kappa shape index (κ1) is 15.6. The summed E-state index contributed by atoms with van der Waals surface area (Å²) >= 11 is 7.41. The van der Waals surface area contributed by atoms with E-state index in [9.17, 15) is 4.79 Å². The molecular weight excluding hydrogens is 332 g/mol. The van der Waals surface area contributed by atoms with E-state index >= 15 is 0 Å². The number of thiophene rings is 1. The molecule has 6 heteroatoms. The van der Waals surface area contributed by atoms with Crippen molar-refractivity contribution in [2.45, 2.75) is 6.92 Å². The van der Waals surface area contributed by atoms with Crippen molar-refractivity contribution in [3.05, 3.63) is 53.1 Å². The molecule has 0 unspecified atom stereocenters. The summed E-state index contributed by atoms with van der Waals surface area (Å²) in [5.41, 5.74) is 7.74. The van der Waals surface area contributed by atoms with Gasteiger partial charge < -0.3 is 15.8 Å². The molecule has 0 aliphatic rings. The van der Waals surface area contributed by atoms with Gasteiger partial charge in [0.25, 0.3) is 0 Å². The largest absolute Gasteiger partial charge is 0.462 e. The molecule has 0 amide bonds. The molecule has 0 bridgehead atoms. The molecule has 0 spiro atoms. The molecule has 0 aliphatic carbocycles. The Morgan fingerprint density at radius 2 is 2.09 bits per heavy atom. The number of fused-ring (bicyclic) bond motifs is 1. The molecule has 3 rings (SSSR count). The lowest BCUT2D eigenvalue weighted by molar-refractivity contribution is 0.0530. The number of halogens is 1. The van der Waals surface area contributed by atoms with E-state index in [1.54, 1.807) is 25.1 Å². The van der Waals surface area contributed by atoms with Gasteiger partial charge in [-0.25, -0.2) is 4.79 Å². The van der Waals surface area contributed by atoms with Crippen molar-refractivity contribution in [3.8, 4) is 0 Å². The van der Waals surface area contributed by atoms with E-state index in [4.69, 9.17) is 22.1 Å². The first-order chi connectivity index (χ1) is 11.1. The number of esters is 1. The number of hydrogen-bond donors (Lipinski definition) is 2. The van der Waals surface area contributed by atoms with Crippen LogP contribution in [0, 0.1) is 0 Å². The number of anilines is 3. The normalized spacial score (nSPS) is 10.7. The second kappa shape index (κ2) is 6.48. The van der Waals surface area contributed by atoms with Crippen LogP contribution in [0.5, 0.6) is 0 Å². The molecule has 4 nitrogen and oxygen atoms in total. The summed E-state index contributed by atoms with van der Waals surface area (Å²) in [6.45, 7) is 2.11. The van der Waals surface area contributed by atoms with E-state index in [1.165, 1.54) is 11.3 Å². The Kier molecular flexibility index (Phi) is 4.41. The summed E-state index contributed by atoms with van der Waals surface area (Å²) in [5.74, 6) is -0.347. The van der Waals surface area contributed by atoms with E-state index < -0.39 is 0 Å². The van der Waals surface area contributed by atoms with E-state index in [-0.39, 0.29) is 5.97 Å². The van der Waals surface area contributed by atoms with Crippen LogP contribution in [-0.2, 0) is 4.74 Å². The van der Waals surface area contributed by atoms with Crippen LogP contribution in [0.4, 0.5) is 16.4 Å². The average molecular weight is 347 g/mol. The van der Waals surface area contributed by atoms with Gasteiger partial charge in [-0.2, -0.15) is 0 Å². The highest BCUT2D eigenvalue weighted by molar-refractivity contribution is 7.23. The molecule has 3 N–H and O–H groups in total. The minimum absolute atomic E-state index is 0.325. The van der Waals surface area contributed by atoms with Crippen molar-refractivity contribution in [1.82, 2.24) is 0 Å². The van der Waals surface area contributed by atoms with Crippen LogP contribution in [0.15, 0.2) is 42.5 Å². The number of ether oxygens (including phenoxy) is 1. The summed E-state index contributed by atoms with van der Waals surface area (Å²) in [6.07, 6.45) is 0. The Morgan fingerprint density at radius 3 is 2.83 bits per heavy atom. The first-order valence-corrected chi connectivity index (χ1v) is 8.30. The van der Waals surface area contributed by atoms with E-state index in [0.717, 1.165) is 10.1 Å². The zero-order valence-electron chi connectivity index (χ0n) is 12.4. The van der Waals surface area contributed by atoms with Gasteiger partial charge in [-0.05, 0) is 31.2 Å². The average Bonchev–Trinajstić information content (AvgIpc) is 2.88. The Balaban J connectivity index is 2.09. The number of nitrogens with one attached hydrogen (secondary N) is 1. The number of hydrogen-bond acceptors (Lipinski definition) is 5. The second-order valence-corrected chi connectivity index (χ2v) is 6.37. The summed E-state index contributed by atoms with van der Waals surface area (Å²) in [4.78, 5) is 12.4. The first-order valence-electron chi connectivity index (χ1n) is 7.11. The number of carbonyl (C=O) groups is 1. The Morgan fingerprint density at radius 1 is 1.30 bits per heavy atom. The van der Waals surface area contributed by atoms with Gasteiger partial charge in [-0.3, -0.25) is 0 Å².